The molecular formula is C19H22N8. The van der Waals surface area contributed by atoms with Crippen molar-refractivity contribution in [1.82, 2.24) is 34.8 Å². The first-order valence-electron chi connectivity index (χ1n) is 9.44. The standard InChI is InChI=1S/C19H22N8/c1-2-4-15-14(3-1)26-16(27(15)13-5-8-20-9-6-13)7-10-21-18-17-19(23-11-22-17)25-12-24-18/h1-4,11-13,20H,5-10H2,(H2,21,22,23,24,25). The molecule has 138 valence electrons. The number of nitrogens with one attached hydrogen (secondary N) is 3. The quantitative estimate of drug-likeness (QED) is 0.504. The average Bonchev–Trinajstić information content (AvgIpc) is 3.33. The summed E-state index contributed by atoms with van der Waals surface area (Å²) in [6.07, 6.45) is 6.29. The third-order valence-electron chi connectivity index (χ3n) is 5.21. The molecule has 8 heteroatoms. The normalized spacial score (nSPS) is 15.6. The minimum atomic E-state index is 0.506. The molecule has 0 unspecified atom stereocenters. The van der Waals surface area contributed by atoms with Crippen molar-refractivity contribution in [3.05, 3.63) is 42.7 Å². The van der Waals surface area contributed by atoms with E-state index in [1.807, 2.05) is 0 Å². The number of hydrogen-bond donors (Lipinski definition) is 3. The molecule has 3 N–H and O–H groups in total. The lowest BCUT2D eigenvalue weighted by Crippen LogP contribution is -2.30. The van der Waals surface area contributed by atoms with Crippen LogP contribution in [0.1, 0.15) is 24.7 Å². The summed E-state index contributed by atoms with van der Waals surface area (Å²) in [4.78, 5) is 20.7. The van der Waals surface area contributed by atoms with E-state index in [1.165, 1.54) is 11.8 Å². The van der Waals surface area contributed by atoms with Gasteiger partial charge in [0.05, 0.1) is 17.4 Å². The number of rotatable bonds is 5. The summed E-state index contributed by atoms with van der Waals surface area (Å²) in [5, 5.41) is 6.86. The summed E-state index contributed by atoms with van der Waals surface area (Å²) in [7, 11) is 0. The Labute approximate surface area is 156 Å². The molecule has 0 atom stereocenters. The first-order valence-corrected chi connectivity index (χ1v) is 9.44. The second kappa shape index (κ2) is 6.96. The van der Waals surface area contributed by atoms with Crippen molar-refractivity contribution >= 4 is 28.0 Å². The molecule has 0 amide bonds. The van der Waals surface area contributed by atoms with Gasteiger partial charge in [0, 0.05) is 19.0 Å². The molecule has 1 aliphatic heterocycles. The molecule has 0 bridgehead atoms. The minimum Gasteiger partial charge on any atom is -0.368 e. The van der Waals surface area contributed by atoms with Gasteiger partial charge in [-0.2, -0.15) is 0 Å². The predicted molar refractivity (Wildman–Crippen MR) is 105 cm³/mol. The Morgan fingerprint density at radius 1 is 1.11 bits per heavy atom. The van der Waals surface area contributed by atoms with E-state index in [2.05, 4.69) is 59.4 Å². The number of aromatic nitrogens is 6. The fourth-order valence-electron chi connectivity index (χ4n) is 3.93. The first kappa shape index (κ1) is 16.2. The number of para-hydroxylation sites is 2. The van der Waals surface area contributed by atoms with Crippen molar-refractivity contribution in [2.75, 3.05) is 25.0 Å². The van der Waals surface area contributed by atoms with Crippen molar-refractivity contribution in [3.8, 4) is 0 Å². The van der Waals surface area contributed by atoms with Gasteiger partial charge in [0.1, 0.15) is 17.7 Å². The number of imidazole rings is 2. The zero-order valence-electron chi connectivity index (χ0n) is 15.0. The fourth-order valence-corrected chi connectivity index (χ4v) is 3.93. The van der Waals surface area contributed by atoms with Crippen LogP contribution in [0.4, 0.5) is 5.82 Å². The highest BCUT2D eigenvalue weighted by Crippen LogP contribution is 2.27. The molecule has 1 saturated heterocycles. The molecule has 1 aliphatic rings. The SMILES string of the molecule is c1ccc2c(c1)nc(CCNc1ncnc3nc[nH]c13)n2C1CCNCC1. The molecule has 1 aromatic carbocycles. The summed E-state index contributed by atoms with van der Waals surface area (Å²) in [6.45, 7) is 2.88. The molecule has 5 rings (SSSR count). The number of hydrogen-bond acceptors (Lipinski definition) is 6. The fraction of sp³-hybridized carbons (Fsp3) is 0.368. The maximum atomic E-state index is 4.92. The zero-order valence-corrected chi connectivity index (χ0v) is 15.0. The van der Waals surface area contributed by atoms with Gasteiger partial charge in [-0.25, -0.2) is 19.9 Å². The van der Waals surface area contributed by atoms with E-state index in [1.54, 1.807) is 6.33 Å². The lowest BCUT2D eigenvalue weighted by molar-refractivity contribution is 0.367. The maximum absolute atomic E-state index is 4.92. The van der Waals surface area contributed by atoms with E-state index >= 15 is 0 Å². The van der Waals surface area contributed by atoms with Crippen molar-refractivity contribution in [2.24, 2.45) is 0 Å². The lowest BCUT2D eigenvalue weighted by Gasteiger charge is -2.26. The van der Waals surface area contributed by atoms with Crippen LogP contribution in [0, 0.1) is 0 Å². The van der Waals surface area contributed by atoms with E-state index in [-0.39, 0.29) is 0 Å². The van der Waals surface area contributed by atoms with Crippen molar-refractivity contribution in [2.45, 2.75) is 25.3 Å². The molecule has 0 radical (unpaired) electrons. The second-order valence-electron chi connectivity index (χ2n) is 6.87. The van der Waals surface area contributed by atoms with Gasteiger partial charge in [-0.05, 0) is 38.1 Å². The maximum Gasteiger partial charge on any atom is 0.182 e. The molecular weight excluding hydrogens is 340 g/mol. The lowest BCUT2D eigenvalue weighted by atomic mass is 10.1. The number of fused-ring (bicyclic) bond motifs is 2. The zero-order chi connectivity index (χ0) is 18.1. The third-order valence-corrected chi connectivity index (χ3v) is 5.21. The Balaban J connectivity index is 1.40. The van der Waals surface area contributed by atoms with Gasteiger partial charge in [-0.1, -0.05) is 12.1 Å². The van der Waals surface area contributed by atoms with Gasteiger partial charge in [0.25, 0.3) is 0 Å². The van der Waals surface area contributed by atoms with Gasteiger partial charge in [0.15, 0.2) is 11.5 Å². The Hall–Kier alpha value is -3.00. The number of anilines is 1. The van der Waals surface area contributed by atoms with Crippen molar-refractivity contribution in [3.63, 3.8) is 0 Å². The van der Waals surface area contributed by atoms with Crippen molar-refractivity contribution in [1.29, 1.82) is 0 Å². The Morgan fingerprint density at radius 3 is 2.93 bits per heavy atom. The van der Waals surface area contributed by atoms with E-state index in [9.17, 15) is 0 Å². The highest BCUT2D eigenvalue weighted by molar-refractivity contribution is 5.82. The molecule has 0 spiro atoms. The van der Waals surface area contributed by atoms with Crippen LogP contribution in [0.2, 0.25) is 0 Å². The van der Waals surface area contributed by atoms with Crippen LogP contribution >= 0.6 is 0 Å². The molecule has 3 aromatic heterocycles. The Morgan fingerprint density at radius 2 is 2.00 bits per heavy atom. The Bertz CT molecular complexity index is 1060. The molecule has 27 heavy (non-hydrogen) atoms. The van der Waals surface area contributed by atoms with Gasteiger partial charge >= 0.3 is 0 Å². The van der Waals surface area contributed by atoms with Crippen LogP contribution in [0.15, 0.2) is 36.9 Å². The summed E-state index contributed by atoms with van der Waals surface area (Å²) in [6, 6.07) is 8.94. The molecule has 0 aliphatic carbocycles. The van der Waals surface area contributed by atoms with E-state index in [4.69, 9.17) is 4.98 Å². The van der Waals surface area contributed by atoms with E-state index < -0.39 is 0 Å². The van der Waals surface area contributed by atoms with E-state index in [0.29, 0.717) is 11.7 Å². The summed E-state index contributed by atoms with van der Waals surface area (Å²) < 4.78 is 2.45. The molecule has 0 saturated carbocycles. The van der Waals surface area contributed by atoms with Crippen LogP contribution in [-0.2, 0) is 6.42 Å². The number of nitrogens with zero attached hydrogens (tertiary/aromatic N) is 5. The summed E-state index contributed by atoms with van der Waals surface area (Å²) in [5.41, 5.74) is 3.82. The topological polar surface area (TPSA) is 96.3 Å². The number of benzene rings is 1. The molecule has 4 heterocycles. The summed E-state index contributed by atoms with van der Waals surface area (Å²) in [5.74, 6) is 1.91. The van der Waals surface area contributed by atoms with Gasteiger partial charge in [-0.15, -0.1) is 0 Å². The van der Waals surface area contributed by atoms with E-state index in [0.717, 1.165) is 61.6 Å². The smallest absolute Gasteiger partial charge is 0.182 e. The van der Waals surface area contributed by atoms with Crippen LogP contribution < -0.4 is 10.6 Å². The van der Waals surface area contributed by atoms with Crippen LogP contribution in [0.25, 0.3) is 22.2 Å². The van der Waals surface area contributed by atoms with Crippen molar-refractivity contribution < 1.29 is 0 Å². The van der Waals surface area contributed by atoms with Crippen LogP contribution in [-0.4, -0.2) is 49.1 Å². The molecule has 8 nitrogen and oxygen atoms in total. The largest absolute Gasteiger partial charge is 0.368 e. The van der Waals surface area contributed by atoms with Gasteiger partial charge in [-0.3, -0.25) is 0 Å². The summed E-state index contributed by atoms with van der Waals surface area (Å²) >= 11 is 0. The van der Waals surface area contributed by atoms with Crippen LogP contribution in [0.5, 0.6) is 0 Å². The van der Waals surface area contributed by atoms with Crippen LogP contribution in [0.3, 0.4) is 0 Å². The number of H-pyrrole nitrogens is 1. The first-order chi connectivity index (χ1) is 13.4. The highest BCUT2D eigenvalue weighted by atomic mass is 15.1. The highest BCUT2D eigenvalue weighted by Gasteiger charge is 2.21. The number of aromatic amines is 1. The monoisotopic (exact) mass is 362 g/mol. The van der Waals surface area contributed by atoms with Gasteiger partial charge in [0.2, 0.25) is 0 Å². The molecule has 1 fully saturated rings. The average molecular weight is 362 g/mol. The predicted octanol–water partition coefficient (Wildman–Crippen LogP) is 2.28. The Kier molecular flexibility index (Phi) is 4.17. The second-order valence-corrected chi connectivity index (χ2v) is 6.87. The molecule has 4 aromatic rings. The number of piperidine rings is 1. The third kappa shape index (κ3) is 3.02. The minimum absolute atomic E-state index is 0.506. The van der Waals surface area contributed by atoms with Gasteiger partial charge < -0.3 is 20.2 Å².